The van der Waals surface area contributed by atoms with E-state index in [1.165, 1.54) is 10.7 Å². The van der Waals surface area contributed by atoms with Crippen molar-refractivity contribution in [2.45, 2.75) is 11.8 Å². The average Bonchev–Trinajstić information content (AvgIpc) is 2.53. The molecule has 0 fully saturated rings. The van der Waals surface area contributed by atoms with Crippen LogP contribution in [-0.4, -0.2) is 18.2 Å². The molecule has 0 aliphatic rings. The zero-order chi connectivity index (χ0) is 15.1. The van der Waals surface area contributed by atoms with Gasteiger partial charge in [-0.05, 0) is 35.0 Å². The zero-order valence-corrected chi connectivity index (χ0v) is 14.7. The van der Waals surface area contributed by atoms with Crippen molar-refractivity contribution in [2.24, 2.45) is 7.05 Å². The Hall–Kier alpha value is -1.06. The Kier molecular flexibility index (Phi) is 4.12. The molecule has 0 amide bonds. The van der Waals surface area contributed by atoms with Gasteiger partial charge in [0.2, 0.25) is 0 Å². The molecule has 1 aromatic carbocycles. The number of halogens is 2. The van der Waals surface area contributed by atoms with Gasteiger partial charge >= 0.3 is 0 Å². The summed E-state index contributed by atoms with van der Waals surface area (Å²) in [6, 6.07) is 3.16. The van der Waals surface area contributed by atoms with Crippen LogP contribution in [0, 0.1) is 6.92 Å². The van der Waals surface area contributed by atoms with Crippen LogP contribution in [0.2, 0.25) is 0 Å². The van der Waals surface area contributed by atoms with Crippen molar-refractivity contribution in [3.63, 3.8) is 0 Å². The maximum absolute atomic E-state index is 12.4. The lowest BCUT2D eigenvalue weighted by atomic mass is 10.3. The molecule has 0 aliphatic carbocycles. The fourth-order valence-corrected chi connectivity index (χ4v) is 4.93. The van der Waals surface area contributed by atoms with E-state index < -0.39 is 10.0 Å². The van der Waals surface area contributed by atoms with Crippen LogP contribution in [0.1, 0.15) is 5.69 Å². The van der Waals surface area contributed by atoms with Crippen LogP contribution >= 0.6 is 31.9 Å². The number of sulfonamides is 1. The molecule has 0 bridgehead atoms. The zero-order valence-electron chi connectivity index (χ0n) is 10.7. The molecular weight excluding hydrogens is 412 g/mol. The Morgan fingerprint density at radius 1 is 1.35 bits per heavy atom. The highest BCUT2D eigenvalue weighted by atomic mass is 79.9. The molecule has 0 atom stereocenters. The van der Waals surface area contributed by atoms with E-state index in [0.717, 1.165) is 0 Å². The number of rotatable bonds is 3. The van der Waals surface area contributed by atoms with E-state index in [-0.39, 0.29) is 10.6 Å². The van der Waals surface area contributed by atoms with E-state index in [2.05, 4.69) is 41.7 Å². The summed E-state index contributed by atoms with van der Waals surface area (Å²) in [5.74, 6) is 0. The summed E-state index contributed by atoms with van der Waals surface area (Å²) >= 11 is 6.48. The van der Waals surface area contributed by atoms with Gasteiger partial charge in [0.05, 0.1) is 17.1 Å². The van der Waals surface area contributed by atoms with Gasteiger partial charge in [-0.15, -0.1) is 0 Å². The maximum Gasteiger partial charge on any atom is 0.265 e. The van der Waals surface area contributed by atoms with Crippen molar-refractivity contribution in [2.75, 3.05) is 10.5 Å². The molecule has 3 N–H and O–H groups in total. The number of anilines is 2. The first kappa shape index (κ1) is 15.3. The van der Waals surface area contributed by atoms with Crippen LogP contribution in [0.4, 0.5) is 11.4 Å². The lowest BCUT2D eigenvalue weighted by Gasteiger charge is -2.11. The Balaban J connectivity index is 2.49. The van der Waals surface area contributed by atoms with Gasteiger partial charge in [-0.3, -0.25) is 9.40 Å². The molecule has 20 heavy (non-hydrogen) atoms. The molecule has 0 saturated heterocycles. The van der Waals surface area contributed by atoms with Gasteiger partial charge in [-0.2, -0.15) is 5.10 Å². The van der Waals surface area contributed by atoms with E-state index in [1.54, 1.807) is 26.2 Å². The summed E-state index contributed by atoms with van der Waals surface area (Å²) in [7, 11) is -2.08. The number of nitrogen functional groups attached to an aromatic ring is 1. The van der Waals surface area contributed by atoms with Crippen molar-refractivity contribution in [1.29, 1.82) is 0 Å². The molecule has 9 heteroatoms. The molecule has 0 spiro atoms. The summed E-state index contributed by atoms with van der Waals surface area (Å²) < 4.78 is 30.0. The highest BCUT2D eigenvalue weighted by molar-refractivity contribution is 9.11. The first-order valence-electron chi connectivity index (χ1n) is 5.48. The monoisotopic (exact) mass is 422 g/mol. The van der Waals surface area contributed by atoms with E-state index in [9.17, 15) is 8.42 Å². The van der Waals surface area contributed by atoms with Gasteiger partial charge in [0, 0.05) is 22.2 Å². The van der Waals surface area contributed by atoms with Crippen molar-refractivity contribution in [1.82, 2.24) is 9.78 Å². The van der Waals surface area contributed by atoms with Crippen LogP contribution in [0.5, 0.6) is 0 Å². The fourth-order valence-electron chi connectivity index (χ4n) is 1.76. The third kappa shape index (κ3) is 2.99. The summed E-state index contributed by atoms with van der Waals surface area (Å²) in [4.78, 5) is 0.00366. The second-order valence-corrected chi connectivity index (χ2v) is 7.60. The quantitative estimate of drug-likeness (QED) is 0.742. The number of hydrogen-bond acceptors (Lipinski definition) is 4. The first-order chi connectivity index (χ1) is 9.20. The van der Waals surface area contributed by atoms with Crippen molar-refractivity contribution in [3.05, 3.63) is 33.0 Å². The van der Waals surface area contributed by atoms with Crippen LogP contribution in [0.15, 0.2) is 32.2 Å². The molecule has 1 heterocycles. The van der Waals surface area contributed by atoms with Crippen molar-refractivity contribution in [3.8, 4) is 0 Å². The van der Waals surface area contributed by atoms with E-state index in [4.69, 9.17) is 5.73 Å². The topological polar surface area (TPSA) is 90.0 Å². The van der Waals surface area contributed by atoms with Crippen LogP contribution in [0.25, 0.3) is 0 Å². The Labute approximate surface area is 133 Å². The Bertz CT molecular complexity index is 748. The number of nitrogens with one attached hydrogen (secondary N) is 1. The lowest BCUT2D eigenvalue weighted by molar-refractivity contribution is 0.601. The van der Waals surface area contributed by atoms with Gasteiger partial charge in [-0.1, -0.05) is 15.9 Å². The fraction of sp³-hybridized carbons (Fsp3) is 0.182. The van der Waals surface area contributed by atoms with Crippen molar-refractivity contribution >= 4 is 53.3 Å². The summed E-state index contributed by atoms with van der Waals surface area (Å²) in [6.45, 7) is 1.72. The molecular formula is C11H12Br2N4O2S. The summed E-state index contributed by atoms with van der Waals surface area (Å²) in [5, 5.41) is 4.09. The number of nitrogens with zero attached hydrogens (tertiary/aromatic N) is 2. The molecule has 0 radical (unpaired) electrons. The largest absolute Gasteiger partial charge is 0.398 e. The van der Waals surface area contributed by atoms with E-state index >= 15 is 0 Å². The minimum atomic E-state index is -3.80. The third-order valence-electron chi connectivity index (χ3n) is 2.56. The predicted molar refractivity (Wildman–Crippen MR) is 85.0 cm³/mol. The van der Waals surface area contributed by atoms with Gasteiger partial charge < -0.3 is 5.73 Å². The lowest BCUT2D eigenvalue weighted by Crippen LogP contribution is -2.15. The molecule has 2 rings (SSSR count). The number of benzene rings is 1. The standard InChI is InChI=1S/C11H12Br2N4O2S/c1-6-10(5-17(2)15-6)16-20(18,19)11-8(13)3-7(12)4-9(11)14/h3-5,16H,14H2,1-2H3. The molecule has 108 valence electrons. The van der Waals surface area contributed by atoms with Gasteiger partial charge in [0.25, 0.3) is 10.0 Å². The number of aryl methyl sites for hydroxylation is 2. The Morgan fingerprint density at radius 2 is 2.00 bits per heavy atom. The highest BCUT2D eigenvalue weighted by Gasteiger charge is 2.23. The molecule has 6 nitrogen and oxygen atoms in total. The normalized spacial score (nSPS) is 11.6. The minimum Gasteiger partial charge on any atom is -0.398 e. The predicted octanol–water partition coefficient (Wildman–Crippen LogP) is 2.64. The van der Waals surface area contributed by atoms with Gasteiger partial charge in [0.1, 0.15) is 4.90 Å². The number of nitrogens with two attached hydrogens (primary N) is 1. The second-order valence-electron chi connectivity index (χ2n) is 4.21. The van der Waals surface area contributed by atoms with Crippen LogP contribution in [-0.2, 0) is 17.1 Å². The molecule has 2 aromatic rings. The highest BCUT2D eigenvalue weighted by Crippen LogP contribution is 2.33. The molecule has 0 unspecified atom stereocenters. The second kappa shape index (κ2) is 5.38. The number of hydrogen-bond donors (Lipinski definition) is 2. The number of aromatic nitrogens is 2. The molecule has 0 saturated carbocycles. The summed E-state index contributed by atoms with van der Waals surface area (Å²) in [6.07, 6.45) is 1.59. The first-order valence-corrected chi connectivity index (χ1v) is 8.55. The molecule has 1 aromatic heterocycles. The third-order valence-corrected chi connectivity index (χ3v) is 5.39. The smallest absolute Gasteiger partial charge is 0.265 e. The van der Waals surface area contributed by atoms with Crippen LogP contribution < -0.4 is 10.5 Å². The maximum atomic E-state index is 12.4. The SMILES string of the molecule is Cc1nn(C)cc1NS(=O)(=O)c1c(N)cc(Br)cc1Br. The molecule has 0 aliphatic heterocycles. The van der Waals surface area contributed by atoms with Gasteiger partial charge in [0.15, 0.2) is 0 Å². The van der Waals surface area contributed by atoms with E-state index in [0.29, 0.717) is 20.3 Å². The average molecular weight is 424 g/mol. The van der Waals surface area contributed by atoms with Crippen LogP contribution in [0.3, 0.4) is 0 Å². The van der Waals surface area contributed by atoms with E-state index in [1.807, 2.05) is 0 Å². The summed E-state index contributed by atoms with van der Waals surface area (Å²) in [5.41, 5.74) is 6.96. The minimum absolute atomic E-state index is 0.00366. The van der Waals surface area contributed by atoms with Gasteiger partial charge in [-0.25, -0.2) is 8.42 Å². The Morgan fingerprint density at radius 3 is 2.50 bits per heavy atom. The van der Waals surface area contributed by atoms with Crippen molar-refractivity contribution < 1.29 is 8.42 Å².